The van der Waals surface area contributed by atoms with Crippen LogP contribution in [0.25, 0.3) is 0 Å². The summed E-state index contributed by atoms with van der Waals surface area (Å²) in [4.78, 5) is 12.0. The van der Waals surface area contributed by atoms with Crippen molar-refractivity contribution in [2.45, 2.75) is 26.8 Å². The average molecular weight is 298 g/mol. The number of carbonyl (C=O) groups excluding carboxylic acids is 1. The van der Waals surface area contributed by atoms with Crippen LogP contribution in [0, 0.1) is 11.2 Å². The van der Waals surface area contributed by atoms with Gasteiger partial charge in [0.15, 0.2) is 11.6 Å². The van der Waals surface area contributed by atoms with Crippen LogP contribution in [0.4, 0.5) is 10.1 Å². The van der Waals surface area contributed by atoms with Crippen molar-refractivity contribution < 1.29 is 18.7 Å². The topological polar surface area (TPSA) is 73.6 Å². The summed E-state index contributed by atoms with van der Waals surface area (Å²) in [5.74, 6) is -0.784. The van der Waals surface area contributed by atoms with Crippen LogP contribution in [0.1, 0.15) is 20.8 Å². The number of amides is 1. The number of hydrogen-bond donors (Lipinski definition) is 2. The Balaban J connectivity index is 2.69. The summed E-state index contributed by atoms with van der Waals surface area (Å²) in [6.07, 6.45) is 0. The second-order valence-electron chi connectivity index (χ2n) is 5.82. The highest BCUT2D eigenvalue weighted by atomic mass is 19.1. The van der Waals surface area contributed by atoms with Gasteiger partial charge >= 0.3 is 0 Å². The maximum atomic E-state index is 13.8. The Morgan fingerprint density at radius 2 is 2.05 bits per heavy atom. The minimum atomic E-state index is -0.682. The molecule has 0 aromatic heterocycles. The molecule has 0 aliphatic heterocycles. The summed E-state index contributed by atoms with van der Waals surface area (Å²) in [5.41, 5.74) is 5.82. The lowest BCUT2D eigenvalue weighted by atomic mass is 9.87. The molecule has 0 bridgehead atoms. The average Bonchev–Trinajstić information content (AvgIpc) is 2.39. The highest BCUT2D eigenvalue weighted by Gasteiger charge is 2.27. The normalized spacial score (nSPS) is 12.9. The first-order chi connectivity index (χ1) is 9.75. The predicted octanol–water partition coefficient (Wildman–Crippen LogP) is 2.16. The van der Waals surface area contributed by atoms with Crippen LogP contribution in [0.2, 0.25) is 0 Å². The minimum absolute atomic E-state index is 0.116. The van der Waals surface area contributed by atoms with Gasteiger partial charge in [-0.25, -0.2) is 4.39 Å². The second kappa shape index (κ2) is 7.38. The smallest absolute Gasteiger partial charge is 0.241 e. The molecule has 1 aromatic rings. The fourth-order valence-corrected chi connectivity index (χ4v) is 1.54. The Morgan fingerprint density at radius 3 is 2.57 bits per heavy atom. The molecule has 3 N–H and O–H groups in total. The quantitative estimate of drug-likeness (QED) is 0.789. The minimum Gasteiger partial charge on any atom is -0.488 e. The Hall–Kier alpha value is -1.66. The van der Waals surface area contributed by atoms with Crippen LogP contribution < -0.4 is 15.8 Å². The van der Waals surface area contributed by atoms with Gasteiger partial charge in [-0.2, -0.15) is 0 Å². The third kappa shape index (κ3) is 5.32. The van der Waals surface area contributed by atoms with E-state index in [0.29, 0.717) is 12.3 Å². The Bertz CT molecular complexity index is 486. The zero-order valence-corrected chi connectivity index (χ0v) is 12.9. The van der Waals surface area contributed by atoms with Crippen molar-refractivity contribution >= 4 is 11.6 Å². The summed E-state index contributed by atoms with van der Waals surface area (Å²) in [7, 11) is 1.54. The second-order valence-corrected chi connectivity index (χ2v) is 5.82. The van der Waals surface area contributed by atoms with Crippen molar-refractivity contribution in [3.8, 4) is 5.75 Å². The van der Waals surface area contributed by atoms with Crippen LogP contribution in [0.3, 0.4) is 0 Å². The van der Waals surface area contributed by atoms with Gasteiger partial charge in [-0.05, 0) is 17.5 Å². The van der Waals surface area contributed by atoms with E-state index in [1.807, 2.05) is 20.8 Å². The molecule has 0 radical (unpaired) electrons. The van der Waals surface area contributed by atoms with E-state index < -0.39 is 11.9 Å². The van der Waals surface area contributed by atoms with E-state index >= 15 is 0 Å². The number of carbonyl (C=O) groups is 1. The molecule has 118 valence electrons. The Labute approximate surface area is 124 Å². The van der Waals surface area contributed by atoms with Gasteiger partial charge in [0, 0.05) is 18.9 Å². The first-order valence-electron chi connectivity index (χ1n) is 6.73. The molecule has 1 rings (SSSR count). The molecule has 0 unspecified atom stereocenters. The molecule has 0 aliphatic carbocycles. The molecule has 5 nitrogen and oxygen atoms in total. The Morgan fingerprint density at radius 1 is 1.38 bits per heavy atom. The highest BCUT2D eigenvalue weighted by Crippen LogP contribution is 2.23. The number of nitrogens with one attached hydrogen (secondary N) is 1. The van der Waals surface area contributed by atoms with Crippen molar-refractivity contribution in [3.05, 3.63) is 24.0 Å². The van der Waals surface area contributed by atoms with Gasteiger partial charge in [-0.1, -0.05) is 20.8 Å². The number of anilines is 1. The molecule has 0 fully saturated rings. The number of hydrogen-bond acceptors (Lipinski definition) is 4. The van der Waals surface area contributed by atoms with E-state index in [1.54, 1.807) is 6.07 Å². The van der Waals surface area contributed by atoms with Crippen LogP contribution in [-0.4, -0.2) is 32.3 Å². The first kappa shape index (κ1) is 17.4. The molecule has 1 amide bonds. The molecule has 0 spiro atoms. The standard InChI is InChI=1S/C15H23FN2O3/c1-15(2,3)13(17)14(19)18-10-5-6-12(11(16)9-10)21-8-7-20-4/h5-6,9,13H,7-8,17H2,1-4H3,(H,18,19)/t13-/m1/s1. The van der Waals surface area contributed by atoms with Gasteiger partial charge in [-0.3, -0.25) is 4.79 Å². The molecular weight excluding hydrogens is 275 g/mol. The van der Waals surface area contributed by atoms with Crippen molar-refractivity contribution in [1.82, 2.24) is 0 Å². The number of halogens is 1. The van der Waals surface area contributed by atoms with Crippen molar-refractivity contribution in [3.63, 3.8) is 0 Å². The fraction of sp³-hybridized carbons (Fsp3) is 0.533. The highest BCUT2D eigenvalue weighted by molar-refractivity contribution is 5.95. The lowest BCUT2D eigenvalue weighted by Gasteiger charge is -2.25. The maximum absolute atomic E-state index is 13.8. The number of methoxy groups -OCH3 is 1. The van der Waals surface area contributed by atoms with Gasteiger partial charge in [0.1, 0.15) is 6.61 Å². The van der Waals surface area contributed by atoms with Gasteiger partial charge in [0.25, 0.3) is 0 Å². The van der Waals surface area contributed by atoms with E-state index in [9.17, 15) is 9.18 Å². The number of benzene rings is 1. The van der Waals surface area contributed by atoms with Gasteiger partial charge < -0.3 is 20.5 Å². The summed E-state index contributed by atoms with van der Waals surface area (Å²) < 4.78 is 23.8. The van der Waals surface area contributed by atoms with E-state index in [4.69, 9.17) is 15.2 Å². The first-order valence-corrected chi connectivity index (χ1v) is 6.73. The van der Waals surface area contributed by atoms with Gasteiger partial charge in [0.05, 0.1) is 12.6 Å². The van der Waals surface area contributed by atoms with Crippen molar-refractivity contribution in [1.29, 1.82) is 0 Å². The van der Waals surface area contributed by atoms with Gasteiger partial charge in [-0.15, -0.1) is 0 Å². The largest absolute Gasteiger partial charge is 0.488 e. The fourth-order valence-electron chi connectivity index (χ4n) is 1.54. The summed E-state index contributed by atoms with van der Waals surface area (Å²) >= 11 is 0. The number of rotatable bonds is 6. The van der Waals surface area contributed by atoms with E-state index in [2.05, 4.69) is 5.32 Å². The predicted molar refractivity (Wildman–Crippen MR) is 79.8 cm³/mol. The summed E-state index contributed by atoms with van der Waals surface area (Å²) in [5, 5.41) is 2.60. The number of ether oxygens (including phenoxy) is 2. The van der Waals surface area contributed by atoms with E-state index in [0.717, 1.165) is 0 Å². The van der Waals surface area contributed by atoms with E-state index in [-0.39, 0.29) is 23.7 Å². The molecule has 0 saturated heterocycles. The molecule has 0 aliphatic rings. The van der Waals surface area contributed by atoms with Gasteiger partial charge in [0.2, 0.25) is 5.91 Å². The molecule has 1 atom stereocenters. The summed E-state index contributed by atoms with van der Waals surface area (Å²) in [6, 6.07) is 3.55. The lowest BCUT2D eigenvalue weighted by molar-refractivity contribution is -0.119. The molecule has 1 aromatic carbocycles. The molecular formula is C15H23FN2O3. The van der Waals surface area contributed by atoms with Crippen molar-refractivity contribution in [2.24, 2.45) is 11.1 Å². The monoisotopic (exact) mass is 298 g/mol. The van der Waals surface area contributed by atoms with Crippen LogP contribution in [0.5, 0.6) is 5.75 Å². The third-order valence-corrected chi connectivity index (χ3v) is 2.96. The van der Waals surface area contributed by atoms with Crippen molar-refractivity contribution in [2.75, 3.05) is 25.6 Å². The van der Waals surface area contributed by atoms with E-state index in [1.165, 1.54) is 19.2 Å². The van der Waals surface area contributed by atoms with Crippen LogP contribution >= 0.6 is 0 Å². The number of nitrogens with two attached hydrogens (primary N) is 1. The zero-order chi connectivity index (χ0) is 16.0. The zero-order valence-electron chi connectivity index (χ0n) is 12.9. The SMILES string of the molecule is COCCOc1ccc(NC(=O)[C@@H](N)C(C)(C)C)cc1F. The molecule has 21 heavy (non-hydrogen) atoms. The molecule has 0 heterocycles. The summed E-state index contributed by atoms with van der Waals surface area (Å²) in [6.45, 7) is 6.23. The maximum Gasteiger partial charge on any atom is 0.241 e. The van der Waals surface area contributed by atoms with Crippen LogP contribution in [-0.2, 0) is 9.53 Å². The third-order valence-electron chi connectivity index (χ3n) is 2.96. The lowest BCUT2D eigenvalue weighted by Crippen LogP contribution is -2.45. The Kier molecular flexibility index (Phi) is 6.11. The molecule has 0 saturated carbocycles. The van der Waals surface area contributed by atoms with Crippen LogP contribution in [0.15, 0.2) is 18.2 Å². The molecule has 6 heteroatoms.